The molecule has 21 heavy (non-hydrogen) atoms. The van der Waals surface area contributed by atoms with Crippen LogP contribution in [-0.4, -0.2) is 25.2 Å². The highest BCUT2D eigenvalue weighted by atomic mass is 19.1. The Morgan fingerprint density at radius 3 is 2.14 bits per heavy atom. The Bertz CT molecular complexity index is 517. The van der Waals surface area contributed by atoms with Gasteiger partial charge in [0.05, 0.1) is 13.2 Å². The number of halogens is 1. The van der Waals surface area contributed by atoms with E-state index < -0.39 is 23.7 Å². The van der Waals surface area contributed by atoms with Gasteiger partial charge in [-0.05, 0) is 25.5 Å². The molecule has 0 aromatic heterocycles. The third-order valence-electron chi connectivity index (χ3n) is 2.80. The molecule has 0 saturated heterocycles. The Labute approximate surface area is 123 Å². The average molecular weight is 294 g/mol. The van der Waals surface area contributed by atoms with Gasteiger partial charge in [-0.1, -0.05) is 31.2 Å². The minimum absolute atomic E-state index is 0.143. The van der Waals surface area contributed by atoms with Gasteiger partial charge >= 0.3 is 11.9 Å². The first-order valence-electron chi connectivity index (χ1n) is 6.81. The van der Waals surface area contributed by atoms with Gasteiger partial charge in [0, 0.05) is 5.92 Å². The molecule has 0 unspecified atom stereocenters. The number of rotatable bonds is 6. The zero-order valence-electron chi connectivity index (χ0n) is 12.4. The van der Waals surface area contributed by atoms with Crippen LogP contribution in [0, 0.1) is 5.82 Å². The van der Waals surface area contributed by atoms with Crippen LogP contribution in [0.3, 0.4) is 0 Å². The van der Waals surface area contributed by atoms with Crippen molar-refractivity contribution in [1.29, 1.82) is 0 Å². The summed E-state index contributed by atoms with van der Waals surface area (Å²) in [6.07, 6.45) is 1.37. The molecular formula is C16H19FO4. The second-order valence-corrected chi connectivity index (χ2v) is 4.33. The maximum Gasteiger partial charge on any atom is 0.345 e. The lowest BCUT2D eigenvalue weighted by Crippen LogP contribution is -2.19. The SMILES string of the molecule is CCOC(=O)C(=C[C@@H](C)c1ccccc1F)C(=O)OCC. The van der Waals surface area contributed by atoms with Gasteiger partial charge in [-0.25, -0.2) is 14.0 Å². The van der Waals surface area contributed by atoms with E-state index in [-0.39, 0.29) is 18.8 Å². The maximum absolute atomic E-state index is 13.7. The summed E-state index contributed by atoms with van der Waals surface area (Å²) in [5.41, 5.74) is 0.179. The standard InChI is InChI=1S/C16H19FO4/c1-4-20-15(18)13(16(19)21-5-2)10-11(3)12-8-6-7-9-14(12)17/h6-11H,4-5H2,1-3H3/t11-/m1/s1. The molecule has 0 spiro atoms. The summed E-state index contributed by atoms with van der Waals surface area (Å²) in [6.45, 7) is 5.26. The molecule has 0 aliphatic rings. The third-order valence-corrected chi connectivity index (χ3v) is 2.80. The molecule has 0 N–H and O–H groups in total. The summed E-state index contributed by atoms with van der Waals surface area (Å²) in [7, 11) is 0. The number of hydrogen-bond acceptors (Lipinski definition) is 4. The smallest absolute Gasteiger partial charge is 0.345 e. The van der Waals surface area contributed by atoms with Crippen LogP contribution < -0.4 is 0 Å². The molecule has 0 saturated carbocycles. The minimum atomic E-state index is -0.765. The molecule has 114 valence electrons. The lowest BCUT2D eigenvalue weighted by Gasteiger charge is -2.11. The Morgan fingerprint density at radius 1 is 1.14 bits per heavy atom. The summed E-state index contributed by atoms with van der Waals surface area (Å²) in [5, 5.41) is 0. The number of allylic oxidation sites excluding steroid dienone is 1. The number of benzene rings is 1. The van der Waals surface area contributed by atoms with Crippen LogP contribution in [0.5, 0.6) is 0 Å². The van der Waals surface area contributed by atoms with Gasteiger partial charge < -0.3 is 9.47 Å². The molecule has 0 heterocycles. The predicted octanol–water partition coefficient (Wildman–Crippen LogP) is 2.98. The monoisotopic (exact) mass is 294 g/mol. The summed E-state index contributed by atoms with van der Waals surface area (Å²) in [5.74, 6) is -2.39. The Balaban J connectivity index is 3.09. The van der Waals surface area contributed by atoms with E-state index >= 15 is 0 Å². The van der Waals surface area contributed by atoms with Gasteiger partial charge in [0.1, 0.15) is 11.4 Å². The second kappa shape index (κ2) is 8.19. The lowest BCUT2D eigenvalue weighted by atomic mass is 9.98. The molecule has 1 atom stereocenters. The molecule has 1 aromatic rings. The second-order valence-electron chi connectivity index (χ2n) is 4.33. The molecule has 0 aliphatic heterocycles. The number of carbonyl (C=O) groups excluding carboxylic acids is 2. The first-order valence-corrected chi connectivity index (χ1v) is 6.81. The van der Waals surface area contributed by atoms with Crippen molar-refractivity contribution in [2.45, 2.75) is 26.7 Å². The molecule has 4 nitrogen and oxygen atoms in total. The van der Waals surface area contributed by atoms with Crippen molar-refractivity contribution >= 4 is 11.9 Å². The predicted molar refractivity (Wildman–Crippen MR) is 76.2 cm³/mol. The van der Waals surface area contributed by atoms with Crippen molar-refractivity contribution in [3.63, 3.8) is 0 Å². The summed E-state index contributed by atoms with van der Waals surface area (Å²) in [6, 6.07) is 6.20. The minimum Gasteiger partial charge on any atom is -0.462 e. The molecule has 0 fully saturated rings. The molecule has 0 bridgehead atoms. The Morgan fingerprint density at radius 2 is 1.67 bits per heavy atom. The highest BCUT2D eigenvalue weighted by Crippen LogP contribution is 2.22. The number of carbonyl (C=O) groups is 2. The zero-order valence-corrected chi connectivity index (χ0v) is 12.4. The van der Waals surface area contributed by atoms with E-state index in [1.807, 2.05) is 0 Å². The molecule has 5 heteroatoms. The molecule has 0 aliphatic carbocycles. The van der Waals surface area contributed by atoms with Crippen molar-refractivity contribution in [1.82, 2.24) is 0 Å². The van der Waals surface area contributed by atoms with Crippen LogP contribution in [0.1, 0.15) is 32.3 Å². The average Bonchev–Trinajstić information content (AvgIpc) is 2.45. The third kappa shape index (κ3) is 4.70. The van der Waals surface area contributed by atoms with Crippen molar-refractivity contribution < 1.29 is 23.5 Å². The van der Waals surface area contributed by atoms with E-state index in [1.54, 1.807) is 39.0 Å². The first-order chi connectivity index (χ1) is 10.0. The topological polar surface area (TPSA) is 52.6 Å². The highest BCUT2D eigenvalue weighted by Gasteiger charge is 2.22. The quantitative estimate of drug-likeness (QED) is 0.350. The molecule has 0 radical (unpaired) electrons. The van der Waals surface area contributed by atoms with Crippen molar-refractivity contribution in [2.75, 3.05) is 13.2 Å². The van der Waals surface area contributed by atoms with Gasteiger partial charge in [-0.2, -0.15) is 0 Å². The van der Waals surface area contributed by atoms with Crippen molar-refractivity contribution in [3.8, 4) is 0 Å². The highest BCUT2D eigenvalue weighted by molar-refractivity contribution is 6.14. The van der Waals surface area contributed by atoms with Crippen LogP contribution >= 0.6 is 0 Å². The maximum atomic E-state index is 13.7. The van der Waals surface area contributed by atoms with E-state index in [1.165, 1.54) is 12.1 Å². The van der Waals surface area contributed by atoms with Crippen LogP contribution in [0.25, 0.3) is 0 Å². The molecule has 1 aromatic carbocycles. The fourth-order valence-electron chi connectivity index (χ4n) is 1.82. The number of ether oxygens (including phenoxy) is 2. The van der Waals surface area contributed by atoms with E-state index in [9.17, 15) is 14.0 Å². The normalized spacial score (nSPS) is 11.4. The molecule has 0 amide bonds. The van der Waals surface area contributed by atoms with E-state index in [0.29, 0.717) is 5.56 Å². The van der Waals surface area contributed by atoms with Crippen LogP contribution in [0.15, 0.2) is 35.9 Å². The number of hydrogen-bond donors (Lipinski definition) is 0. The van der Waals surface area contributed by atoms with Crippen LogP contribution in [0.2, 0.25) is 0 Å². The van der Waals surface area contributed by atoms with E-state index in [2.05, 4.69) is 0 Å². The van der Waals surface area contributed by atoms with Gasteiger partial charge in [0.15, 0.2) is 0 Å². The Hall–Kier alpha value is -2.17. The van der Waals surface area contributed by atoms with Crippen molar-refractivity contribution in [3.05, 3.63) is 47.3 Å². The van der Waals surface area contributed by atoms with E-state index in [0.717, 1.165) is 0 Å². The number of esters is 2. The first kappa shape index (κ1) is 16.9. The van der Waals surface area contributed by atoms with Gasteiger partial charge in [-0.3, -0.25) is 0 Å². The van der Waals surface area contributed by atoms with Gasteiger partial charge in [0.25, 0.3) is 0 Å². The summed E-state index contributed by atoms with van der Waals surface area (Å²) in [4.78, 5) is 23.7. The van der Waals surface area contributed by atoms with Crippen LogP contribution in [0.4, 0.5) is 4.39 Å². The van der Waals surface area contributed by atoms with Gasteiger partial charge in [0.2, 0.25) is 0 Å². The summed E-state index contributed by atoms with van der Waals surface area (Å²) >= 11 is 0. The van der Waals surface area contributed by atoms with E-state index in [4.69, 9.17) is 9.47 Å². The zero-order chi connectivity index (χ0) is 15.8. The van der Waals surface area contributed by atoms with Gasteiger partial charge in [-0.15, -0.1) is 0 Å². The van der Waals surface area contributed by atoms with Crippen molar-refractivity contribution in [2.24, 2.45) is 0 Å². The molecule has 1 rings (SSSR count). The summed E-state index contributed by atoms with van der Waals surface area (Å²) < 4.78 is 23.4. The Kier molecular flexibility index (Phi) is 6.59. The molecular weight excluding hydrogens is 275 g/mol. The van der Waals surface area contributed by atoms with Crippen LogP contribution in [-0.2, 0) is 19.1 Å². The fourth-order valence-corrected chi connectivity index (χ4v) is 1.82. The lowest BCUT2D eigenvalue weighted by molar-refractivity contribution is -0.146. The fraction of sp³-hybridized carbons (Fsp3) is 0.375. The largest absolute Gasteiger partial charge is 0.462 e.